The van der Waals surface area contributed by atoms with Crippen LogP contribution >= 0.6 is 11.8 Å². The molecular weight excluding hydrogens is 210 g/mol. The summed E-state index contributed by atoms with van der Waals surface area (Å²) in [6.07, 6.45) is -0.158. The van der Waals surface area contributed by atoms with Gasteiger partial charge >= 0.3 is 0 Å². The number of thioether (sulfide) groups is 1. The molecule has 0 aromatic heterocycles. The van der Waals surface area contributed by atoms with Gasteiger partial charge in [-0.15, -0.1) is 0 Å². The van der Waals surface area contributed by atoms with E-state index in [-0.39, 0.29) is 12.3 Å². The predicted molar refractivity (Wildman–Crippen MR) is 56.8 cm³/mol. The molecule has 0 saturated heterocycles. The minimum absolute atomic E-state index is 0.158. The normalized spacial score (nSPS) is 8.67. The van der Waals surface area contributed by atoms with Gasteiger partial charge in [-0.25, -0.2) is 0 Å². The number of carbonyl (C=O) groups excluding carboxylic acids is 1. The maximum atomic E-state index is 11.0. The second-order valence-electron chi connectivity index (χ2n) is 2.60. The molecule has 4 nitrogen and oxygen atoms in total. The highest BCUT2D eigenvalue weighted by Crippen LogP contribution is 2.18. The van der Waals surface area contributed by atoms with Crippen LogP contribution in [-0.2, 0) is 4.79 Å². The Morgan fingerprint density at radius 3 is 2.53 bits per heavy atom. The van der Waals surface area contributed by atoms with Crippen LogP contribution in [0.1, 0.15) is 6.42 Å². The molecule has 0 radical (unpaired) electrons. The van der Waals surface area contributed by atoms with Gasteiger partial charge in [0.05, 0.1) is 6.07 Å². The summed E-state index contributed by atoms with van der Waals surface area (Å²) in [5.41, 5.74) is 0.623. The molecule has 1 rings (SSSR count). The van der Waals surface area contributed by atoms with Gasteiger partial charge in [0, 0.05) is 10.6 Å². The van der Waals surface area contributed by atoms with Gasteiger partial charge in [-0.2, -0.15) is 10.5 Å². The number of nitriles is 2. The molecule has 5 heteroatoms. The number of thiocyanates is 1. The Morgan fingerprint density at radius 1 is 1.33 bits per heavy atom. The number of anilines is 1. The zero-order valence-electron chi connectivity index (χ0n) is 7.73. The molecule has 1 aromatic carbocycles. The number of hydrogen-bond donors (Lipinski definition) is 1. The Morgan fingerprint density at radius 2 is 2.00 bits per heavy atom. The molecule has 0 fully saturated rings. The van der Waals surface area contributed by atoms with Crippen LogP contribution in [0, 0.1) is 22.0 Å². The number of amides is 1. The van der Waals surface area contributed by atoms with E-state index >= 15 is 0 Å². The number of nitrogens with zero attached hydrogens (tertiary/aromatic N) is 2. The molecule has 0 aliphatic heterocycles. The zero-order valence-corrected chi connectivity index (χ0v) is 8.54. The van der Waals surface area contributed by atoms with Crippen LogP contribution in [0.3, 0.4) is 0 Å². The summed E-state index contributed by atoms with van der Waals surface area (Å²) in [6.45, 7) is 0. The Bertz CT molecular complexity index is 427. The van der Waals surface area contributed by atoms with Crippen molar-refractivity contribution >= 4 is 23.4 Å². The van der Waals surface area contributed by atoms with Crippen LogP contribution in [0.5, 0.6) is 0 Å². The van der Waals surface area contributed by atoms with Crippen molar-refractivity contribution in [2.75, 3.05) is 5.32 Å². The fraction of sp³-hybridized carbons (Fsp3) is 0.100. The lowest BCUT2D eigenvalue weighted by molar-refractivity contribution is -0.115. The van der Waals surface area contributed by atoms with Gasteiger partial charge < -0.3 is 5.32 Å². The largest absolute Gasteiger partial charge is 0.325 e. The standard InChI is InChI=1S/C10H7N3OS/c11-6-5-10(14)13-8-1-3-9(4-2-8)15-7-12/h1-4H,5H2,(H,13,14). The van der Waals surface area contributed by atoms with E-state index in [0.29, 0.717) is 5.69 Å². The van der Waals surface area contributed by atoms with E-state index in [9.17, 15) is 4.79 Å². The lowest BCUT2D eigenvalue weighted by Gasteiger charge is -2.02. The van der Waals surface area contributed by atoms with E-state index in [1.807, 2.05) is 5.40 Å². The number of nitrogens with one attached hydrogen (secondary N) is 1. The quantitative estimate of drug-likeness (QED) is 0.621. The molecule has 0 atom stereocenters. The zero-order chi connectivity index (χ0) is 11.1. The number of benzene rings is 1. The van der Waals surface area contributed by atoms with Crippen LogP contribution < -0.4 is 5.32 Å². The molecule has 0 unspecified atom stereocenters. The molecule has 1 aromatic rings. The molecule has 1 N–H and O–H groups in total. The van der Waals surface area contributed by atoms with Crippen molar-refractivity contribution in [2.24, 2.45) is 0 Å². The summed E-state index contributed by atoms with van der Waals surface area (Å²) in [5.74, 6) is -0.335. The molecule has 15 heavy (non-hydrogen) atoms. The second kappa shape index (κ2) is 5.69. The first kappa shape index (κ1) is 11.1. The summed E-state index contributed by atoms with van der Waals surface area (Å²) in [6, 6.07) is 8.60. The van der Waals surface area contributed by atoms with Crippen LogP contribution in [0.2, 0.25) is 0 Å². The number of carbonyl (C=O) groups is 1. The third kappa shape index (κ3) is 3.72. The summed E-state index contributed by atoms with van der Waals surface area (Å²) in [7, 11) is 0. The van der Waals surface area contributed by atoms with E-state index in [4.69, 9.17) is 10.5 Å². The average Bonchev–Trinajstić information content (AvgIpc) is 2.22. The molecule has 0 saturated carbocycles. The Balaban J connectivity index is 2.62. The van der Waals surface area contributed by atoms with Gasteiger partial charge in [0.15, 0.2) is 0 Å². The fourth-order valence-corrected chi connectivity index (χ4v) is 1.31. The average molecular weight is 217 g/mol. The smallest absolute Gasteiger partial charge is 0.238 e. The number of hydrogen-bond acceptors (Lipinski definition) is 4. The molecule has 74 valence electrons. The van der Waals surface area contributed by atoms with E-state index in [2.05, 4.69) is 5.32 Å². The van der Waals surface area contributed by atoms with Crippen LogP contribution in [0.15, 0.2) is 29.2 Å². The topological polar surface area (TPSA) is 76.7 Å². The Kier molecular flexibility index (Phi) is 4.21. The lowest BCUT2D eigenvalue weighted by Crippen LogP contribution is -2.09. The van der Waals surface area contributed by atoms with Gasteiger partial charge in [-0.1, -0.05) is 0 Å². The molecule has 0 heterocycles. The van der Waals surface area contributed by atoms with Gasteiger partial charge in [0.1, 0.15) is 11.8 Å². The maximum absolute atomic E-state index is 11.0. The van der Waals surface area contributed by atoms with Crippen LogP contribution in [0.25, 0.3) is 0 Å². The Labute approximate surface area is 91.5 Å². The first-order chi connectivity index (χ1) is 7.26. The third-order valence-electron chi connectivity index (χ3n) is 1.54. The molecule has 0 aliphatic carbocycles. The summed E-state index contributed by atoms with van der Waals surface area (Å²) < 4.78 is 0. The second-order valence-corrected chi connectivity index (χ2v) is 3.46. The summed E-state index contributed by atoms with van der Waals surface area (Å²) in [4.78, 5) is 11.8. The van der Waals surface area contributed by atoms with Crippen molar-refractivity contribution < 1.29 is 4.79 Å². The van der Waals surface area contributed by atoms with Crippen molar-refractivity contribution in [1.82, 2.24) is 0 Å². The van der Waals surface area contributed by atoms with Crippen LogP contribution in [-0.4, -0.2) is 5.91 Å². The van der Waals surface area contributed by atoms with Crippen molar-refractivity contribution in [3.63, 3.8) is 0 Å². The van der Waals surface area contributed by atoms with Gasteiger partial charge in [-0.3, -0.25) is 4.79 Å². The highest BCUT2D eigenvalue weighted by atomic mass is 32.2. The monoisotopic (exact) mass is 217 g/mol. The molecule has 0 spiro atoms. The maximum Gasteiger partial charge on any atom is 0.238 e. The van der Waals surface area contributed by atoms with Crippen molar-refractivity contribution in [1.29, 1.82) is 10.5 Å². The van der Waals surface area contributed by atoms with Gasteiger partial charge in [0.25, 0.3) is 0 Å². The van der Waals surface area contributed by atoms with Crippen molar-refractivity contribution in [3.05, 3.63) is 24.3 Å². The minimum Gasteiger partial charge on any atom is -0.325 e. The number of rotatable bonds is 3. The first-order valence-electron chi connectivity index (χ1n) is 4.09. The predicted octanol–water partition coefficient (Wildman–Crippen LogP) is 2.11. The van der Waals surface area contributed by atoms with Crippen molar-refractivity contribution in [2.45, 2.75) is 11.3 Å². The Hall–Kier alpha value is -1.98. The highest BCUT2D eigenvalue weighted by Gasteiger charge is 2.00. The van der Waals surface area contributed by atoms with Crippen LogP contribution in [0.4, 0.5) is 5.69 Å². The van der Waals surface area contributed by atoms with Gasteiger partial charge in [-0.05, 0) is 36.0 Å². The van der Waals surface area contributed by atoms with E-state index in [1.165, 1.54) is 0 Å². The fourth-order valence-electron chi connectivity index (χ4n) is 0.936. The molecule has 0 bridgehead atoms. The molecule has 0 aliphatic rings. The highest BCUT2D eigenvalue weighted by molar-refractivity contribution is 8.03. The summed E-state index contributed by atoms with van der Waals surface area (Å²) in [5, 5.41) is 21.2. The molecule has 1 amide bonds. The molecular formula is C10H7N3OS. The first-order valence-corrected chi connectivity index (χ1v) is 4.90. The minimum atomic E-state index is -0.335. The van der Waals surface area contributed by atoms with E-state index in [1.54, 1.807) is 30.3 Å². The van der Waals surface area contributed by atoms with E-state index in [0.717, 1.165) is 16.7 Å². The van der Waals surface area contributed by atoms with Crippen molar-refractivity contribution in [3.8, 4) is 11.5 Å². The lowest BCUT2D eigenvalue weighted by atomic mass is 10.3. The SMILES string of the molecule is N#CCC(=O)Nc1ccc(SC#N)cc1. The van der Waals surface area contributed by atoms with Gasteiger partial charge in [0.2, 0.25) is 5.91 Å². The third-order valence-corrected chi connectivity index (χ3v) is 2.14. The summed E-state index contributed by atoms with van der Waals surface area (Å²) >= 11 is 1.05. The van der Waals surface area contributed by atoms with E-state index < -0.39 is 0 Å².